The smallest absolute Gasteiger partial charge is 0.0589 e. The summed E-state index contributed by atoms with van der Waals surface area (Å²) in [5, 5.41) is 0. The Hall–Kier alpha value is -0.120. The van der Waals surface area contributed by atoms with Gasteiger partial charge in [0.05, 0.1) is 6.61 Å². The standard InChI is InChI=1S/C9H20N2O/c1-12-7-6-11-5-3-9(8-11)2-4-10/h9H,2-8,10H2,1H3/t9-/m1/s1. The summed E-state index contributed by atoms with van der Waals surface area (Å²) in [6, 6.07) is 0. The van der Waals surface area contributed by atoms with Crippen molar-refractivity contribution in [3.63, 3.8) is 0 Å². The monoisotopic (exact) mass is 172 g/mol. The molecule has 1 heterocycles. The fraction of sp³-hybridized carbons (Fsp3) is 1.00. The van der Waals surface area contributed by atoms with E-state index in [1.54, 1.807) is 7.11 Å². The predicted octanol–water partition coefficient (Wildman–Crippen LogP) is 0.304. The van der Waals surface area contributed by atoms with E-state index in [0.717, 1.165) is 25.6 Å². The minimum absolute atomic E-state index is 0.836. The highest BCUT2D eigenvalue weighted by Crippen LogP contribution is 2.17. The lowest BCUT2D eigenvalue weighted by atomic mass is 10.1. The molecule has 0 radical (unpaired) electrons. The van der Waals surface area contributed by atoms with E-state index in [-0.39, 0.29) is 0 Å². The fourth-order valence-electron chi connectivity index (χ4n) is 1.81. The minimum Gasteiger partial charge on any atom is -0.383 e. The summed E-state index contributed by atoms with van der Waals surface area (Å²) in [4.78, 5) is 2.46. The van der Waals surface area contributed by atoms with Crippen molar-refractivity contribution < 1.29 is 4.74 Å². The maximum atomic E-state index is 5.51. The van der Waals surface area contributed by atoms with Gasteiger partial charge in [-0.1, -0.05) is 0 Å². The van der Waals surface area contributed by atoms with Crippen LogP contribution in [0.3, 0.4) is 0 Å². The van der Waals surface area contributed by atoms with E-state index in [1.165, 1.54) is 25.9 Å². The van der Waals surface area contributed by atoms with E-state index in [2.05, 4.69) is 4.90 Å². The molecule has 1 aliphatic heterocycles. The molecule has 0 amide bonds. The van der Waals surface area contributed by atoms with Gasteiger partial charge < -0.3 is 15.4 Å². The molecule has 1 fully saturated rings. The number of nitrogens with two attached hydrogens (primary N) is 1. The zero-order valence-corrected chi connectivity index (χ0v) is 7.96. The molecule has 0 bridgehead atoms. The Labute approximate surface area is 74.9 Å². The van der Waals surface area contributed by atoms with Gasteiger partial charge in [0.2, 0.25) is 0 Å². The average Bonchev–Trinajstić information content (AvgIpc) is 2.50. The zero-order chi connectivity index (χ0) is 8.81. The van der Waals surface area contributed by atoms with Crippen LogP contribution in [0.5, 0.6) is 0 Å². The molecule has 1 saturated heterocycles. The average molecular weight is 172 g/mol. The molecule has 1 rings (SSSR count). The summed E-state index contributed by atoms with van der Waals surface area (Å²) in [6.07, 6.45) is 2.50. The van der Waals surface area contributed by atoms with E-state index >= 15 is 0 Å². The number of nitrogens with zero attached hydrogens (tertiary/aromatic N) is 1. The number of ether oxygens (including phenoxy) is 1. The van der Waals surface area contributed by atoms with Crippen molar-refractivity contribution >= 4 is 0 Å². The molecule has 2 N–H and O–H groups in total. The summed E-state index contributed by atoms with van der Waals surface area (Å²) in [5.41, 5.74) is 5.51. The molecule has 0 saturated carbocycles. The first kappa shape index (κ1) is 9.96. The molecular formula is C9H20N2O. The van der Waals surface area contributed by atoms with Gasteiger partial charge in [-0.3, -0.25) is 0 Å². The Morgan fingerprint density at radius 3 is 3.08 bits per heavy atom. The van der Waals surface area contributed by atoms with Crippen molar-refractivity contribution in [3.8, 4) is 0 Å². The first-order valence-electron chi connectivity index (χ1n) is 4.78. The number of likely N-dealkylation sites (tertiary alicyclic amines) is 1. The first-order valence-corrected chi connectivity index (χ1v) is 4.78. The molecular weight excluding hydrogens is 152 g/mol. The summed E-state index contributed by atoms with van der Waals surface area (Å²) in [6.45, 7) is 5.23. The Morgan fingerprint density at radius 2 is 2.42 bits per heavy atom. The molecule has 0 spiro atoms. The van der Waals surface area contributed by atoms with Crippen LogP contribution >= 0.6 is 0 Å². The SMILES string of the molecule is COCCN1CC[C@@H](CCN)C1. The summed E-state index contributed by atoms with van der Waals surface area (Å²) in [7, 11) is 1.76. The number of methoxy groups -OCH3 is 1. The van der Waals surface area contributed by atoms with Crippen LogP contribution in [0.2, 0.25) is 0 Å². The minimum atomic E-state index is 0.836. The molecule has 0 unspecified atom stereocenters. The maximum absolute atomic E-state index is 5.51. The highest BCUT2D eigenvalue weighted by Gasteiger charge is 2.20. The van der Waals surface area contributed by atoms with E-state index in [0.29, 0.717) is 0 Å². The van der Waals surface area contributed by atoms with Crippen LogP contribution in [0.25, 0.3) is 0 Å². The van der Waals surface area contributed by atoms with Gasteiger partial charge in [0.25, 0.3) is 0 Å². The van der Waals surface area contributed by atoms with Crippen molar-refractivity contribution in [2.75, 3.05) is 39.9 Å². The Morgan fingerprint density at radius 1 is 1.58 bits per heavy atom. The van der Waals surface area contributed by atoms with Crippen LogP contribution < -0.4 is 5.73 Å². The predicted molar refractivity (Wildman–Crippen MR) is 50.1 cm³/mol. The lowest BCUT2D eigenvalue weighted by Crippen LogP contribution is -2.25. The number of rotatable bonds is 5. The van der Waals surface area contributed by atoms with Gasteiger partial charge in [-0.15, -0.1) is 0 Å². The molecule has 0 aromatic carbocycles. The first-order chi connectivity index (χ1) is 5.86. The summed E-state index contributed by atoms with van der Waals surface area (Å²) >= 11 is 0. The van der Waals surface area contributed by atoms with Gasteiger partial charge in [-0.25, -0.2) is 0 Å². The number of hydrogen-bond donors (Lipinski definition) is 1. The molecule has 3 nitrogen and oxygen atoms in total. The molecule has 0 aliphatic carbocycles. The highest BCUT2D eigenvalue weighted by atomic mass is 16.5. The van der Waals surface area contributed by atoms with Gasteiger partial charge >= 0.3 is 0 Å². The van der Waals surface area contributed by atoms with Crippen molar-refractivity contribution in [1.82, 2.24) is 4.90 Å². The Bertz CT molecular complexity index is 119. The van der Waals surface area contributed by atoms with Crippen molar-refractivity contribution in [2.24, 2.45) is 11.7 Å². The zero-order valence-electron chi connectivity index (χ0n) is 7.96. The van der Waals surface area contributed by atoms with Crippen molar-refractivity contribution in [3.05, 3.63) is 0 Å². The van der Waals surface area contributed by atoms with Crippen molar-refractivity contribution in [1.29, 1.82) is 0 Å². The van der Waals surface area contributed by atoms with Crippen LogP contribution in [-0.2, 0) is 4.74 Å². The molecule has 12 heavy (non-hydrogen) atoms. The molecule has 0 aromatic heterocycles. The van der Waals surface area contributed by atoms with Crippen molar-refractivity contribution in [2.45, 2.75) is 12.8 Å². The van der Waals surface area contributed by atoms with E-state index in [4.69, 9.17) is 10.5 Å². The van der Waals surface area contributed by atoms with Crippen LogP contribution in [-0.4, -0.2) is 44.8 Å². The third-order valence-corrected chi connectivity index (χ3v) is 2.56. The van der Waals surface area contributed by atoms with Gasteiger partial charge in [-0.2, -0.15) is 0 Å². The van der Waals surface area contributed by atoms with Crippen LogP contribution in [0.15, 0.2) is 0 Å². The topological polar surface area (TPSA) is 38.5 Å². The quantitative estimate of drug-likeness (QED) is 0.648. The third kappa shape index (κ3) is 3.09. The highest BCUT2D eigenvalue weighted by molar-refractivity contribution is 4.75. The van der Waals surface area contributed by atoms with E-state index in [9.17, 15) is 0 Å². The Balaban J connectivity index is 2.08. The van der Waals surface area contributed by atoms with Crippen LogP contribution in [0.4, 0.5) is 0 Å². The van der Waals surface area contributed by atoms with Gasteiger partial charge in [0.1, 0.15) is 0 Å². The molecule has 1 aliphatic rings. The second-order valence-corrected chi connectivity index (χ2v) is 3.53. The fourth-order valence-corrected chi connectivity index (χ4v) is 1.81. The molecule has 0 aromatic rings. The molecule has 72 valence electrons. The number of hydrogen-bond acceptors (Lipinski definition) is 3. The molecule has 1 atom stereocenters. The second-order valence-electron chi connectivity index (χ2n) is 3.53. The molecule has 3 heteroatoms. The van der Waals surface area contributed by atoms with Gasteiger partial charge in [0.15, 0.2) is 0 Å². The maximum Gasteiger partial charge on any atom is 0.0589 e. The third-order valence-electron chi connectivity index (χ3n) is 2.56. The Kier molecular flexibility index (Phi) is 4.58. The summed E-state index contributed by atoms with van der Waals surface area (Å²) in [5.74, 6) is 0.840. The van der Waals surface area contributed by atoms with Crippen LogP contribution in [0, 0.1) is 5.92 Å². The van der Waals surface area contributed by atoms with Gasteiger partial charge in [0, 0.05) is 20.2 Å². The summed E-state index contributed by atoms with van der Waals surface area (Å²) < 4.78 is 5.03. The van der Waals surface area contributed by atoms with Gasteiger partial charge in [-0.05, 0) is 31.8 Å². The van der Waals surface area contributed by atoms with Crippen LogP contribution in [0.1, 0.15) is 12.8 Å². The van der Waals surface area contributed by atoms with E-state index in [1.807, 2.05) is 0 Å². The lowest BCUT2D eigenvalue weighted by molar-refractivity contribution is 0.158. The normalized spacial score (nSPS) is 25.0. The second kappa shape index (κ2) is 5.51. The van der Waals surface area contributed by atoms with E-state index < -0.39 is 0 Å². The lowest BCUT2D eigenvalue weighted by Gasteiger charge is -2.14. The largest absolute Gasteiger partial charge is 0.383 e.